The Bertz CT molecular complexity index is 824. The normalized spacial score (nSPS) is 11.3. The van der Waals surface area contributed by atoms with E-state index in [-0.39, 0.29) is 18.4 Å². The Labute approximate surface area is 174 Å². The number of carbonyl (C=O) groups is 2. The molecule has 0 aliphatic carbocycles. The molecule has 29 heavy (non-hydrogen) atoms. The van der Waals surface area contributed by atoms with Gasteiger partial charge in [0.1, 0.15) is 17.2 Å². The summed E-state index contributed by atoms with van der Waals surface area (Å²) in [6, 6.07) is 12.3. The van der Waals surface area contributed by atoms with Crippen molar-refractivity contribution in [3.05, 3.63) is 48.0 Å². The van der Waals surface area contributed by atoms with Crippen LogP contribution >= 0.6 is 11.8 Å². The lowest BCUT2D eigenvalue weighted by Crippen LogP contribution is -2.31. The lowest BCUT2D eigenvalue weighted by atomic mass is 10.1. The molecule has 0 aliphatic rings. The van der Waals surface area contributed by atoms with Gasteiger partial charge >= 0.3 is 5.97 Å². The Morgan fingerprint density at radius 1 is 0.966 bits per heavy atom. The minimum atomic E-state index is -0.465. The van der Waals surface area contributed by atoms with Gasteiger partial charge in [-0.1, -0.05) is 0 Å². The third kappa shape index (κ3) is 6.90. The second kappa shape index (κ2) is 11.2. The van der Waals surface area contributed by atoms with Crippen LogP contribution in [0.3, 0.4) is 0 Å². The third-order valence-electron chi connectivity index (χ3n) is 4.06. The van der Waals surface area contributed by atoms with E-state index in [0.717, 1.165) is 16.2 Å². The molecule has 8 heteroatoms. The molecule has 0 spiro atoms. The Balaban J connectivity index is 1.80. The van der Waals surface area contributed by atoms with E-state index in [1.54, 1.807) is 39.5 Å². The molecule has 156 valence electrons. The first-order valence-corrected chi connectivity index (χ1v) is 9.89. The highest BCUT2D eigenvalue weighted by molar-refractivity contribution is 8.00. The van der Waals surface area contributed by atoms with E-state index in [9.17, 15) is 9.59 Å². The lowest BCUT2D eigenvalue weighted by Gasteiger charge is -2.18. The summed E-state index contributed by atoms with van der Waals surface area (Å²) < 4.78 is 20.7. The predicted molar refractivity (Wildman–Crippen MR) is 111 cm³/mol. The summed E-state index contributed by atoms with van der Waals surface area (Å²) in [6.45, 7) is 1.47. The van der Waals surface area contributed by atoms with Gasteiger partial charge in [0.05, 0.1) is 33.1 Å². The third-order valence-corrected chi connectivity index (χ3v) is 5.05. The van der Waals surface area contributed by atoms with Crippen LogP contribution in [0.5, 0.6) is 17.2 Å². The van der Waals surface area contributed by atoms with E-state index < -0.39 is 11.9 Å². The first kappa shape index (κ1) is 22.4. The van der Waals surface area contributed by atoms with Crippen molar-refractivity contribution in [3.8, 4) is 17.2 Å². The van der Waals surface area contributed by atoms with Gasteiger partial charge in [0, 0.05) is 10.5 Å². The number of hydrogen-bond donors (Lipinski definition) is 1. The number of methoxy groups -OCH3 is 3. The number of hydrogen-bond acceptors (Lipinski definition) is 7. The van der Waals surface area contributed by atoms with Crippen LogP contribution in [0.25, 0.3) is 0 Å². The van der Waals surface area contributed by atoms with Crippen LogP contribution in [0.4, 0.5) is 0 Å². The fourth-order valence-electron chi connectivity index (χ4n) is 2.54. The molecule has 1 N–H and O–H groups in total. The summed E-state index contributed by atoms with van der Waals surface area (Å²) in [5.74, 6) is 1.28. The maximum atomic E-state index is 12.1. The highest BCUT2D eigenvalue weighted by atomic mass is 32.2. The maximum absolute atomic E-state index is 12.1. The molecule has 0 fully saturated rings. The van der Waals surface area contributed by atoms with Gasteiger partial charge in [0.15, 0.2) is 6.61 Å². The van der Waals surface area contributed by atoms with E-state index in [1.807, 2.05) is 31.2 Å². The van der Waals surface area contributed by atoms with E-state index >= 15 is 0 Å². The second-order valence-corrected chi connectivity index (χ2v) is 7.07. The van der Waals surface area contributed by atoms with Crippen LogP contribution in [0.2, 0.25) is 0 Å². The second-order valence-electron chi connectivity index (χ2n) is 6.02. The van der Waals surface area contributed by atoms with Crippen molar-refractivity contribution in [1.82, 2.24) is 5.32 Å². The van der Waals surface area contributed by atoms with Gasteiger partial charge in [0.2, 0.25) is 0 Å². The fourth-order valence-corrected chi connectivity index (χ4v) is 3.24. The molecule has 1 amide bonds. The Morgan fingerprint density at radius 3 is 2.24 bits per heavy atom. The van der Waals surface area contributed by atoms with E-state index in [4.69, 9.17) is 18.9 Å². The molecular weight excluding hydrogens is 394 g/mol. The van der Waals surface area contributed by atoms with Crippen LogP contribution < -0.4 is 19.5 Å². The zero-order valence-electron chi connectivity index (χ0n) is 16.9. The molecule has 0 bridgehead atoms. The highest BCUT2D eigenvalue weighted by Crippen LogP contribution is 2.29. The molecule has 0 aliphatic heterocycles. The van der Waals surface area contributed by atoms with Crippen LogP contribution in [-0.2, 0) is 14.3 Å². The summed E-state index contributed by atoms with van der Waals surface area (Å²) >= 11 is 1.33. The zero-order valence-corrected chi connectivity index (χ0v) is 17.7. The first-order chi connectivity index (χ1) is 14.0. The number of nitrogens with one attached hydrogen (secondary N) is 1. The molecule has 2 aromatic rings. The molecule has 2 aromatic carbocycles. The monoisotopic (exact) mass is 419 g/mol. The molecule has 7 nitrogen and oxygen atoms in total. The number of benzene rings is 2. The lowest BCUT2D eigenvalue weighted by molar-refractivity contribution is -0.146. The number of ether oxygens (including phenoxy) is 4. The van der Waals surface area contributed by atoms with Crippen molar-refractivity contribution in [2.75, 3.05) is 33.7 Å². The first-order valence-electron chi connectivity index (χ1n) is 8.90. The van der Waals surface area contributed by atoms with Gasteiger partial charge in [-0.25, -0.2) is 0 Å². The van der Waals surface area contributed by atoms with Crippen molar-refractivity contribution >= 4 is 23.6 Å². The Morgan fingerprint density at radius 2 is 1.62 bits per heavy atom. The molecule has 2 rings (SSSR count). The minimum absolute atomic E-state index is 0.110. The van der Waals surface area contributed by atoms with Crippen LogP contribution in [0, 0.1) is 0 Å². The van der Waals surface area contributed by atoms with E-state index in [2.05, 4.69) is 5.32 Å². The minimum Gasteiger partial charge on any atom is -0.497 e. The van der Waals surface area contributed by atoms with E-state index in [0.29, 0.717) is 11.5 Å². The fraction of sp³-hybridized carbons (Fsp3) is 0.333. The molecular formula is C21H25NO6S. The summed E-state index contributed by atoms with van der Waals surface area (Å²) in [6.07, 6.45) is 0. The largest absolute Gasteiger partial charge is 0.497 e. The predicted octanol–water partition coefficient (Wildman–Crippen LogP) is 3.23. The van der Waals surface area contributed by atoms with E-state index in [1.165, 1.54) is 11.8 Å². The molecule has 0 radical (unpaired) electrons. The van der Waals surface area contributed by atoms with Crippen molar-refractivity contribution in [2.24, 2.45) is 0 Å². The van der Waals surface area contributed by atoms with Crippen molar-refractivity contribution in [2.45, 2.75) is 17.9 Å². The molecule has 0 unspecified atom stereocenters. The highest BCUT2D eigenvalue weighted by Gasteiger charge is 2.16. The Hall–Kier alpha value is -2.87. The number of amides is 1. The van der Waals surface area contributed by atoms with Gasteiger partial charge in [-0.15, -0.1) is 11.8 Å². The van der Waals surface area contributed by atoms with Gasteiger partial charge in [-0.05, 0) is 49.4 Å². The molecule has 0 saturated carbocycles. The molecule has 0 aromatic heterocycles. The number of rotatable bonds is 10. The average Bonchev–Trinajstić information content (AvgIpc) is 2.75. The standard InChI is InChI=1S/C21H25NO6S/c1-14(18-11-16(26-3)7-10-19(18)27-4)22-20(23)12-28-21(24)13-29-17-8-5-15(25-2)6-9-17/h5-11,14H,12-13H2,1-4H3,(H,22,23)/t14-/m1/s1. The summed E-state index contributed by atoms with van der Waals surface area (Å²) in [4.78, 5) is 25.0. The van der Waals surface area contributed by atoms with Crippen LogP contribution in [0.15, 0.2) is 47.4 Å². The van der Waals surface area contributed by atoms with Crippen molar-refractivity contribution in [3.63, 3.8) is 0 Å². The van der Waals surface area contributed by atoms with Crippen LogP contribution in [0.1, 0.15) is 18.5 Å². The number of thioether (sulfide) groups is 1. The Kier molecular flexibility index (Phi) is 8.67. The van der Waals surface area contributed by atoms with Gasteiger partial charge in [-0.2, -0.15) is 0 Å². The maximum Gasteiger partial charge on any atom is 0.316 e. The summed E-state index contributed by atoms with van der Waals surface area (Å²) in [5.41, 5.74) is 0.765. The zero-order chi connectivity index (χ0) is 21.2. The SMILES string of the molecule is COc1ccc(SCC(=O)OCC(=O)N[C@H](C)c2cc(OC)ccc2OC)cc1. The number of carbonyl (C=O) groups excluding carboxylic acids is 2. The smallest absolute Gasteiger partial charge is 0.316 e. The molecule has 1 atom stereocenters. The topological polar surface area (TPSA) is 83.1 Å². The van der Waals surface area contributed by atoms with Crippen molar-refractivity contribution < 1.29 is 28.5 Å². The summed E-state index contributed by atoms with van der Waals surface area (Å²) in [7, 11) is 4.72. The van der Waals surface area contributed by atoms with Gasteiger partial charge < -0.3 is 24.3 Å². The summed E-state index contributed by atoms with van der Waals surface area (Å²) in [5, 5.41) is 2.79. The number of esters is 1. The van der Waals surface area contributed by atoms with Crippen molar-refractivity contribution in [1.29, 1.82) is 0 Å². The van der Waals surface area contributed by atoms with Crippen LogP contribution in [-0.4, -0.2) is 45.6 Å². The van der Waals surface area contributed by atoms with Gasteiger partial charge in [0.25, 0.3) is 5.91 Å². The molecule has 0 heterocycles. The molecule has 0 saturated heterocycles. The van der Waals surface area contributed by atoms with Gasteiger partial charge in [-0.3, -0.25) is 9.59 Å². The average molecular weight is 419 g/mol. The quantitative estimate of drug-likeness (QED) is 0.468.